The van der Waals surface area contributed by atoms with Crippen LogP contribution < -0.4 is 22.1 Å². The second kappa shape index (κ2) is 17.0. The van der Waals surface area contributed by atoms with Gasteiger partial charge in [-0.2, -0.15) is 0 Å². The number of benzene rings is 4. The van der Waals surface area contributed by atoms with Crippen molar-refractivity contribution >= 4 is 89.2 Å². The molecule has 12 heteroatoms. The van der Waals surface area contributed by atoms with E-state index in [-0.39, 0.29) is 65.7 Å². The largest absolute Gasteiger partial charge is 0.398 e. The van der Waals surface area contributed by atoms with Crippen LogP contribution in [-0.2, 0) is 0 Å². The third kappa shape index (κ3) is 9.63. The van der Waals surface area contributed by atoms with Crippen molar-refractivity contribution in [2.45, 2.75) is 12.6 Å². The second-order valence-corrected chi connectivity index (χ2v) is 8.00. The van der Waals surface area contributed by atoms with Crippen molar-refractivity contribution in [3.8, 4) is 0 Å². The van der Waals surface area contributed by atoms with Crippen LogP contribution in [0.2, 0.25) is 0 Å². The molecule has 0 saturated carbocycles. The standard InChI is InChI=1S/2C14H14N2O3.2Tl/c2*15-11-7-3-1-5-9(11)13(17)16-12-8-4-2-6-10(12)14(18)19;;/h2*1-8,14,18-19H,15H2,(H,16,17);;. The molecule has 4 rings (SSSR count). The molecule has 202 valence electrons. The molecular formula is C28H28N4O6Tl2. The number of aliphatic hydroxyl groups is 4. The van der Waals surface area contributed by atoms with Gasteiger partial charge in [0.15, 0.2) is 12.6 Å². The van der Waals surface area contributed by atoms with E-state index in [1.54, 1.807) is 84.9 Å². The van der Waals surface area contributed by atoms with E-state index in [4.69, 9.17) is 11.5 Å². The van der Waals surface area contributed by atoms with E-state index in [1.165, 1.54) is 12.1 Å². The van der Waals surface area contributed by atoms with E-state index in [1.807, 2.05) is 0 Å². The van der Waals surface area contributed by atoms with Crippen LogP contribution >= 0.6 is 0 Å². The van der Waals surface area contributed by atoms with Crippen LogP contribution in [0.5, 0.6) is 0 Å². The number of hydrogen-bond acceptors (Lipinski definition) is 8. The summed E-state index contributed by atoms with van der Waals surface area (Å²) in [7, 11) is 0. The molecule has 0 atom stereocenters. The Morgan fingerprint density at radius 1 is 0.525 bits per heavy atom. The minimum Gasteiger partial charge on any atom is -0.398 e. The van der Waals surface area contributed by atoms with Gasteiger partial charge < -0.3 is 42.5 Å². The Labute approximate surface area is 271 Å². The van der Waals surface area contributed by atoms with Crippen LogP contribution in [0, 0.1) is 0 Å². The van der Waals surface area contributed by atoms with E-state index in [9.17, 15) is 30.0 Å². The molecular weight excluding hydrogens is 897 g/mol. The Balaban J connectivity index is 0.000000381. The van der Waals surface area contributed by atoms with Gasteiger partial charge in [-0.05, 0) is 36.4 Å². The quantitative estimate of drug-likeness (QED) is 0.0821. The summed E-state index contributed by atoms with van der Waals surface area (Å²) in [5.74, 6) is -0.794. The van der Waals surface area contributed by atoms with Gasteiger partial charge in [-0.25, -0.2) is 0 Å². The van der Waals surface area contributed by atoms with Gasteiger partial charge in [-0.1, -0.05) is 60.7 Å². The molecule has 0 fully saturated rings. The van der Waals surface area contributed by atoms with Gasteiger partial charge in [-0.3, -0.25) is 9.59 Å². The molecule has 0 unspecified atom stereocenters. The average molecular weight is 925 g/mol. The van der Waals surface area contributed by atoms with Crippen molar-refractivity contribution in [3.05, 3.63) is 119 Å². The van der Waals surface area contributed by atoms with Crippen LogP contribution in [0.4, 0.5) is 22.7 Å². The molecule has 10 N–H and O–H groups in total. The zero-order chi connectivity index (χ0) is 27.7. The van der Waals surface area contributed by atoms with Gasteiger partial charge in [0.2, 0.25) is 0 Å². The van der Waals surface area contributed by atoms with Crippen molar-refractivity contribution in [2.24, 2.45) is 0 Å². The third-order valence-electron chi connectivity index (χ3n) is 5.39. The molecule has 4 aromatic rings. The number of aliphatic hydroxyl groups excluding tert-OH is 2. The van der Waals surface area contributed by atoms with E-state index >= 15 is 0 Å². The molecule has 0 aliphatic rings. The zero-order valence-corrected chi connectivity index (χ0v) is 30.3. The maximum absolute atomic E-state index is 12.1. The molecule has 10 nitrogen and oxygen atoms in total. The molecule has 0 saturated heterocycles. The fourth-order valence-electron chi connectivity index (χ4n) is 3.46. The number of amides is 2. The van der Waals surface area contributed by atoms with Crippen LogP contribution in [-0.4, -0.2) is 86.8 Å². The third-order valence-corrected chi connectivity index (χ3v) is 5.39. The topological polar surface area (TPSA) is 191 Å². The van der Waals surface area contributed by atoms with Crippen LogP contribution in [0.15, 0.2) is 97.1 Å². The average Bonchev–Trinajstić information content (AvgIpc) is 2.90. The zero-order valence-electron chi connectivity index (χ0n) is 21.3. The predicted molar refractivity (Wildman–Crippen MR) is 156 cm³/mol. The molecule has 40 heavy (non-hydrogen) atoms. The van der Waals surface area contributed by atoms with Crippen molar-refractivity contribution in [1.82, 2.24) is 0 Å². The molecule has 2 radical (unpaired) electrons. The smallest absolute Gasteiger partial charge is 0.257 e. The first-order chi connectivity index (χ1) is 18.2. The number of anilines is 4. The van der Waals surface area contributed by atoms with Gasteiger partial charge in [0.05, 0.1) is 11.1 Å². The second-order valence-electron chi connectivity index (χ2n) is 8.00. The number of hydrogen-bond donors (Lipinski definition) is 8. The normalized spacial score (nSPS) is 9.95. The Morgan fingerprint density at radius 3 is 1.15 bits per heavy atom. The van der Waals surface area contributed by atoms with Crippen LogP contribution in [0.3, 0.4) is 0 Å². The summed E-state index contributed by atoms with van der Waals surface area (Å²) in [4.78, 5) is 24.1. The molecule has 0 aliphatic heterocycles. The van der Waals surface area contributed by atoms with Crippen LogP contribution in [0.1, 0.15) is 44.4 Å². The number of para-hydroxylation sites is 4. The summed E-state index contributed by atoms with van der Waals surface area (Å²) in [6.45, 7) is 0. The number of nitrogen functional groups attached to an aromatic ring is 2. The predicted octanol–water partition coefficient (Wildman–Crippen LogP) is 2.25. The summed E-state index contributed by atoms with van der Waals surface area (Å²) in [6.07, 6.45) is -3.30. The van der Waals surface area contributed by atoms with E-state index in [0.717, 1.165) is 0 Å². The maximum Gasteiger partial charge on any atom is 0.257 e. The first-order valence-corrected chi connectivity index (χ1v) is 11.4. The number of carbonyl (C=O) groups is 2. The Kier molecular flexibility index (Phi) is 15.0. The van der Waals surface area contributed by atoms with Gasteiger partial charge >= 0.3 is 0 Å². The minimum absolute atomic E-state index is 0. The van der Waals surface area contributed by atoms with Crippen molar-refractivity contribution in [2.75, 3.05) is 22.1 Å². The van der Waals surface area contributed by atoms with E-state index in [2.05, 4.69) is 10.6 Å². The van der Waals surface area contributed by atoms with Crippen LogP contribution in [0.25, 0.3) is 0 Å². The maximum atomic E-state index is 12.1. The number of carbonyl (C=O) groups excluding carboxylic acids is 2. The summed E-state index contributed by atoms with van der Waals surface area (Å²) >= 11 is 0. The first kappa shape index (κ1) is 35.1. The SMILES string of the molecule is Nc1ccccc1C(=O)Nc1ccccc1C(O)O.Nc1ccccc1C(=O)Nc1ccccc1C(O)O.[Tl].[Tl]. The molecule has 4 aromatic carbocycles. The summed E-state index contributed by atoms with van der Waals surface area (Å²) in [5.41, 5.74) is 14.0. The molecule has 0 spiro atoms. The van der Waals surface area contributed by atoms with Gasteiger partial charge in [0.25, 0.3) is 11.8 Å². The first-order valence-electron chi connectivity index (χ1n) is 11.4. The van der Waals surface area contributed by atoms with Crippen molar-refractivity contribution in [1.29, 1.82) is 0 Å². The Morgan fingerprint density at radius 2 is 0.825 bits per heavy atom. The van der Waals surface area contributed by atoms with Gasteiger partial charge in [-0.15, -0.1) is 0 Å². The number of rotatable bonds is 6. The summed E-state index contributed by atoms with van der Waals surface area (Å²) < 4.78 is 0. The van der Waals surface area contributed by atoms with E-state index < -0.39 is 24.4 Å². The fraction of sp³-hybridized carbons (Fsp3) is 0.0714. The Hall–Kier alpha value is -2.90. The number of nitrogens with one attached hydrogen (secondary N) is 2. The molecule has 2 amide bonds. The molecule has 0 aromatic heterocycles. The van der Waals surface area contributed by atoms with Crippen molar-refractivity contribution < 1.29 is 30.0 Å². The Bertz CT molecular complexity index is 1310. The summed E-state index contributed by atoms with van der Waals surface area (Å²) in [5, 5.41) is 42.1. The molecule has 0 bridgehead atoms. The minimum atomic E-state index is -1.65. The summed E-state index contributed by atoms with van der Waals surface area (Å²) in [6, 6.07) is 26.2. The number of nitrogens with two attached hydrogens (primary N) is 2. The van der Waals surface area contributed by atoms with Gasteiger partial charge in [0.1, 0.15) is 0 Å². The fourth-order valence-corrected chi connectivity index (χ4v) is 3.46. The van der Waals surface area contributed by atoms with E-state index in [0.29, 0.717) is 33.9 Å². The molecule has 0 heterocycles. The van der Waals surface area contributed by atoms with Gasteiger partial charge in [0, 0.05) is 88.5 Å². The molecule has 0 aliphatic carbocycles. The monoisotopic (exact) mass is 926 g/mol. The van der Waals surface area contributed by atoms with Crippen molar-refractivity contribution in [3.63, 3.8) is 0 Å².